The Morgan fingerprint density at radius 2 is 1.71 bits per heavy atom. The van der Waals surface area contributed by atoms with E-state index >= 15 is 0 Å². The van der Waals surface area contributed by atoms with Gasteiger partial charge in [-0.25, -0.2) is 4.79 Å². The quantitative estimate of drug-likeness (QED) is 0.559. The Balaban J connectivity index is 1.15. The minimum Gasteiger partial charge on any atom is -0.481 e. The fourth-order valence-electron chi connectivity index (χ4n) is 6.21. The normalized spacial score (nSPS) is 23.7. The molecule has 2 fully saturated rings. The van der Waals surface area contributed by atoms with E-state index in [-0.39, 0.29) is 36.8 Å². The number of carboxylic acid groups (broad SMARTS) is 1. The number of nitrogens with one attached hydrogen (secondary N) is 1. The fourth-order valence-corrected chi connectivity index (χ4v) is 6.21. The Hall–Kier alpha value is -3.35. The average molecular weight is 477 g/mol. The second kappa shape index (κ2) is 9.36. The molecule has 3 atom stereocenters. The fraction of sp³-hybridized carbons (Fsp3) is 0.464. The van der Waals surface area contributed by atoms with E-state index in [1.807, 2.05) is 31.2 Å². The summed E-state index contributed by atoms with van der Waals surface area (Å²) < 4.78 is 5.69. The van der Waals surface area contributed by atoms with Crippen LogP contribution >= 0.6 is 0 Å². The maximum Gasteiger partial charge on any atom is 0.407 e. The summed E-state index contributed by atoms with van der Waals surface area (Å²) >= 11 is 0. The molecule has 2 N–H and O–H groups in total. The second-order valence-corrected chi connectivity index (χ2v) is 10.0. The molecule has 7 nitrogen and oxygen atoms in total. The Kier molecular flexibility index (Phi) is 6.26. The third-order valence-corrected chi connectivity index (χ3v) is 7.99. The van der Waals surface area contributed by atoms with Gasteiger partial charge in [0.05, 0.1) is 5.41 Å². The van der Waals surface area contributed by atoms with Crippen molar-refractivity contribution in [2.45, 2.75) is 51.0 Å². The molecule has 7 heteroatoms. The van der Waals surface area contributed by atoms with E-state index in [1.165, 1.54) is 22.3 Å². The topological polar surface area (TPSA) is 95.9 Å². The smallest absolute Gasteiger partial charge is 0.407 e. The van der Waals surface area contributed by atoms with Gasteiger partial charge in [0.15, 0.2) is 0 Å². The lowest BCUT2D eigenvalue weighted by atomic mass is 9.98. The lowest BCUT2D eigenvalue weighted by Gasteiger charge is -2.26. The van der Waals surface area contributed by atoms with Crippen LogP contribution in [-0.4, -0.2) is 53.7 Å². The summed E-state index contributed by atoms with van der Waals surface area (Å²) in [7, 11) is 0. The summed E-state index contributed by atoms with van der Waals surface area (Å²) in [6, 6.07) is 16.4. The molecule has 184 valence electrons. The largest absolute Gasteiger partial charge is 0.481 e. The number of rotatable bonds is 9. The highest BCUT2D eigenvalue weighted by molar-refractivity contribution is 5.87. The van der Waals surface area contributed by atoms with Crippen molar-refractivity contribution in [3.05, 3.63) is 59.7 Å². The van der Waals surface area contributed by atoms with Gasteiger partial charge in [0.2, 0.25) is 5.91 Å². The van der Waals surface area contributed by atoms with E-state index in [0.29, 0.717) is 25.9 Å². The van der Waals surface area contributed by atoms with E-state index < -0.39 is 17.5 Å². The SMILES string of the molecule is CCN(CCCC(=O)O)C(=O)C12CC(NC(=O)OCC3c4ccccc4-c4ccccc43)CC1C2. The predicted molar refractivity (Wildman–Crippen MR) is 131 cm³/mol. The van der Waals surface area contributed by atoms with Crippen LogP contribution in [-0.2, 0) is 14.3 Å². The number of alkyl carbamates (subject to hydrolysis) is 1. The van der Waals surface area contributed by atoms with Crippen molar-refractivity contribution in [1.82, 2.24) is 10.2 Å². The number of nitrogens with zero attached hydrogens (tertiary/aromatic N) is 1. The van der Waals surface area contributed by atoms with Crippen LogP contribution in [0.5, 0.6) is 0 Å². The van der Waals surface area contributed by atoms with Crippen molar-refractivity contribution < 1.29 is 24.2 Å². The molecule has 3 aliphatic rings. The summed E-state index contributed by atoms with van der Waals surface area (Å²) in [6.07, 6.45) is 2.33. The van der Waals surface area contributed by atoms with Crippen molar-refractivity contribution in [3.63, 3.8) is 0 Å². The van der Waals surface area contributed by atoms with Crippen molar-refractivity contribution in [3.8, 4) is 11.1 Å². The number of aliphatic carboxylic acids is 1. The summed E-state index contributed by atoms with van der Waals surface area (Å²) in [4.78, 5) is 38.5. The third-order valence-electron chi connectivity index (χ3n) is 7.99. The minimum absolute atomic E-state index is 0.0157. The lowest BCUT2D eigenvalue weighted by Crippen LogP contribution is -2.40. The number of fused-ring (bicyclic) bond motifs is 4. The first kappa shape index (κ1) is 23.4. The molecule has 2 saturated carbocycles. The van der Waals surface area contributed by atoms with Gasteiger partial charge >= 0.3 is 12.1 Å². The van der Waals surface area contributed by atoms with Crippen molar-refractivity contribution in [2.24, 2.45) is 11.3 Å². The predicted octanol–water partition coefficient (Wildman–Crippen LogP) is 4.41. The van der Waals surface area contributed by atoms with Crippen LogP contribution in [0.2, 0.25) is 0 Å². The van der Waals surface area contributed by atoms with Crippen LogP contribution in [0.25, 0.3) is 11.1 Å². The molecule has 2 aromatic carbocycles. The zero-order valence-corrected chi connectivity index (χ0v) is 20.0. The first-order valence-corrected chi connectivity index (χ1v) is 12.6. The minimum atomic E-state index is -0.843. The highest BCUT2D eigenvalue weighted by Gasteiger charge is 2.65. The number of ether oxygens (including phenoxy) is 1. The van der Waals surface area contributed by atoms with Gasteiger partial charge in [-0.05, 0) is 60.8 Å². The lowest BCUT2D eigenvalue weighted by molar-refractivity contribution is -0.140. The summed E-state index contributed by atoms with van der Waals surface area (Å²) in [5, 5.41) is 11.9. The van der Waals surface area contributed by atoms with Gasteiger partial charge < -0.3 is 20.1 Å². The molecular formula is C28H32N2O5. The van der Waals surface area contributed by atoms with Gasteiger partial charge in [0.25, 0.3) is 0 Å². The average Bonchev–Trinajstić information content (AvgIpc) is 3.27. The number of benzene rings is 2. The molecule has 3 unspecified atom stereocenters. The van der Waals surface area contributed by atoms with Gasteiger partial charge in [-0.3, -0.25) is 9.59 Å². The molecule has 0 saturated heterocycles. The first-order chi connectivity index (χ1) is 16.9. The van der Waals surface area contributed by atoms with Crippen molar-refractivity contribution in [2.75, 3.05) is 19.7 Å². The van der Waals surface area contributed by atoms with Gasteiger partial charge in [-0.1, -0.05) is 48.5 Å². The van der Waals surface area contributed by atoms with E-state index in [0.717, 1.165) is 12.8 Å². The van der Waals surface area contributed by atoms with E-state index in [9.17, 15) is 14.4 Å². The molecule has 5 rings (SSSR count). The summed E-state index contributed by atoms with van der Waals surface area (Å²) in [5.74, 6) is -0.444. The number of carboxylic acids is 1. The maximum absolute atomic E-state index is 13.2. The number of carbonyl (C=O) groups excluding carboxylic acids is 2. The molecule has 0 radical (unpaired) electrons. The first-order valence-electron chi connectivity index (χ1n) is 12.6. The molecule has 0 aromatic heterocycles. The van der Waals surface area contributed by atoms with Crippen LogP contribution in [0.1, 0.15) is 56.1 Å². The molecule has 0 spiro atoms. The maximum atomic E-state index is 13.2. The third kappa shape index (κ3) is 4.40. The highest BCUT2D eigenvalue weighted by atomic mass is 16.5. The number of amides is 2. The molecule has 0 aliphatic heterocycles. The molecule has 0 bridgehead atoms. The van der Waals surface area contributed by atoms with E-state index in [4.69, 9.17) is 9.84 Å². The van der Waals surface area contributed by atoms with Crippen LogP contribution < -0.4 is 5.32 Å². The Labute approximate surface area is 205 Å². The van der Waals surface area contributed by atoms with Crippen molar-refractivity contribution in [1.29, 1.82) is 0 Å². The molecule has 2 aromatic rings. The van der Waals surface area contributed by atoms with Gasteiger partial charge in [0, 0.05) is 31.5 Å². The van der Waals surface area contributed by atoms with Crippen LogP contribution in [0.4, 0.5) is 4.79 Å². The molecular weight excluding hydrogens is 444 g/mol. The number of carbonyl (C=O) groups is 3. The monoisotopic (exact) mass is 476 g/mol. The number of hydrogen-bond acceptors (Lipinski definition) is 4. The summed E-state index contributed by atoms with van der Waals surface area (Å²) in [6.45, 7) is 3.22. The molecule has 0 heterocycles. The highest BCUT2D eigenvalue weighted by Crippen LogP contribution is 2.64. The molecule has 3 aliphatic carbocycles. The Morgan fingerprint density at radius 3 is 2.34 bits per heavy atom. The standard InChI is InChI=1S/C28H32N2O5/c1-2-30(13-7-12-25(31)32)26(33)28-15-18(28)14-19(16-28)29-27(34)35-17-24-22-10-5-3-8-20(22)21-9-4-6-11-23(21)24/h3-6,8-11,18-19,24H,2,7,12-17H2,1H3,(H,29,34)(H,31,32). The van der Waals surface area contributed by atoms with Crippen LogP contribution in [0.15, 0.2) is 48.5 Å². The van der Waals surface area contributed by atoms with Gasteiger partial charge in [0.1, 0.15) is 6.61 Å². The van der Waals surface area contributed by atoms with E-state index in [2.05, 4.69) is 29.6 Å². The Morgan fingerprint density at radius 1 is 1.06 bits per heavy atom. The zero-order chi connectivity index (χ0) is 24.6. The van der Waals surface area contributed by atoms with Crippen LogP contribution in [0, 0.1) is 11.3 Å². The molecule has 2 amide bonds. The van der Waals surface area contributed by atoms with Gasteiger partial charge in [-0.15, -0.1) is 0 Å². The van der Waals surface area contributed by atoms with Crippen molar-refractivity contribution >= 4 is 18.0 Å². The van der Waals surface area contributed by atoms with E-state index in [1.54, 1.807) is 4.90 Å². The van der Waals surface area contributed by atoms with Gasteiger partial charge in [-0.2, -0.15) is 0 Å². The summed E-state index contributed by atoms with van der Waals surface area (Å²) in [5.41, 5.74) is 4.33. The second-order valence-electron chi connectivity index (χ2n) is 10.0. The molecule has 35 heavy (non-hydrogen) atoms. The van der Waals surface area contributed by atoms with Crippen LogP contribution in [0.3, 0.4) is 0 Å². The Bertz CT molecular complexity index is 1100. The zero-order valence-electron chi connectivity index (χ0n) is 20.0. The number of hydrogen-bond donors (Lipinski definition) is 2.